The summed E-state index contributed by atoms with van der Waals surface area (Å²) < 4.78 is 20.6. The lowest BCUT2D eigenvalue weighted by Gasteiger charge is -2.32. The van der Waals surface area contributed by atoms with E-state index in [0.29, 0.717) is 48.3 Å². The molecule has 2 N–H and O–H groups in total. The second-order valence-electron chi connectivity index (χ2n) is 8.36. The summed E-state index contributed by atoms with van der Waals surface area (Å²) >= 11 is 0. The summed E-state index contributed by atoms with van der Waals surface area (Å²) in [5, 5.41) is 6.27. The fourth-order valence-corrected chi connectivity index (χ4v) is 4.33. The van der Waals surface area contributed by atoms with Gasteiger partial charge in [-0.3, -0.25) is 14.6 Å². The van der Waals surface area contributed by atoms with Crippen molar-refractivity contribution in [1.82, 2.24) is 24.8 Å². The van der Waals surface area contributed by atoms with Gasteiger partial charge in [0.25, 0.3) is 11.5 Å². The molecule has 3 aromatic heterocycles. The van der Waals surface area contributed by atoms with Gasteiger partial charge in [0.2, 0.25) is 0 Å². The highest BCUT2D eigenvalue weighted by atomic mass is 19.1. The van der Waals surface area contributed by atoms with Gasteiger partial charge in [0.05, 0.1) is 22.9 Å². The molecule has 2 aliphatic heterocycles. The summed E-state index contributed by atoms with van der Waals surface area (Å²) in [5.74, 6) is 0.423. The number of rotatable bonds is 6. The lowest BCUT2D eigenvalue weighted by atomic mass is 10.0. The summed E-state index contributed by atoms with van der Waals surface area (Å²) in [6.45, 7) is 3.66. The van der Waals surface area contributed by atoms with Crippen LogP contribution < -0.4 is 20.9 Å². The lowest BCUT2D eigenvalue weighted by Crippen LogP contribution is -2.43. The first-order valence-corrected chi connectivity index (χ1v) is 11.1. The van der Waals surface area contributed by atoms with E-state index in [-0.39, 0.29) is 18.1 Å². The maximum Gasteiger partial charge on any atom is 0.263 e. The molecular formula is C23H25FN6O3. The number of nitrogens with zero attached hydrogens (tertiary/aromatic N) is 4. The number of amides is 1. The van der Waals surface area contributed by atoms with E-state index in [4.69, 9.17) is 4.74 Å². The molecule has 10 heteroatoms. The number of anilines is 1. The predicted octanol–water partition coefficient (Wildman–Crippen LogP) is 1.52. The van der Waals surface area contributed by atoms with Gasteiger partial charge in [-0.2, -0.15) is 0 Å². The molecule has 5 heterocycles. The Bertz CT molecular complexity index is 1240. The highest BCUT2D eigenvalue weighted by Gasteiger charge is 2.20. The molecule has 5 rings (SSSR count). The number of piperidine rings is 1. The van der Waals surface area contributed by atoms with Crippen molar-refractivity contribution >= 4 is 22.8 Å². The van der Waals surface area contributed by atoms with E-state index in [1.54, 1.807) is 10.6 Å². The van der Waals surface area contributed by atoms with E-state index in [1.165, 1.54) is 18.3 Å². The van der Waals surface area contributed by atoms with Crippen LogP contribution in [0.15, 0.2) is 41.3 Å². The molecule has 0 saturated carbocycles. The minimum Gasteiger partial charge on any atom is -0.480 e. The first-order valence-electron chi connectivity index (χ1n) is 11.1. The predicted molar refractivity (Wildman–Crippen MR) is 121 cm³/mol. The van der Waals surface area contributed by atoms with Crippen LogP contribution in [0.1, 0.15) is 18.5 Å². The number of hydrogen-bond donors (Lipinski definition) is 2. The van der Waals surface area contributed by atoms with Gasteiger partial charge >= 0.3 is 0 Å². The molecular weight excluding hydrogens is 427 g/mol. The minimum atomic E-state index is -0.447. The lowest BCUT2D eigenvalue weighted by molar-refractivity contribution is -0.118. The molecule has 3 aromatic rings. The van der Waals surface area contributed by atoms with Crippen molar-refractivity contribution in [3.63, 3.8) is 0 Å². The molecule has 33 heavy (non-hydrogen) atoms. The molecule has 172 valence electrons. The number of halogens is 1. The van der Waals surface area contributed by atoms with Crippen LogP contribution in [-0.2, 0) is 17.9 Å². The maximum absolute atomic E-state index is 13.7. The van der Waals surface area contributed by atoms with E-state index in [0.717, 1.165) is 31.6 Å². The SMILES string of the molecule is O=C1COc2ccc(CNC3CCN(CCn4c(=O)ccc5ncc(F)cc54)CC3)nc2N1. The number of aromatic nitrogens is 3. The first kappa shape index (κ1) is 21.5. The quantitative estimate of drug-likeness (QED) is 0.585. The summed E-state index contributed by atoms with van der Waals surface area (Å²) in [5.41, 5.74) is 1.84. The molecule has 1 saturated heterocycles. The fourth-order valence-electron chi connectivity index (χ4n) is 4.33. The Morgan fingerprint density at radius 2 is 2.00 bits per heavy atom. The molecule has 0 aromatic carbocycles. The van der Waals surface area contributed by atoms with Crippen LogP contribution in [0, 0.1) is 5.82 Å². The van der Waals surface area contributed by atoms with Crippen LogP contribution in [0.2, 0.25) is 0 Å². The Hall–Kier alpha value is -3.37. The maximum atomic E-state index is 13.7. The van der Waals surface area contributed by atoms with Crippen molar-refractivity contribution < 1.29 is 13.9 Å². The number of pyridine rings is 3. The Morgan fingerprint density at radius 3 is 2.85 bits per heavy atom. The third kappa shape index (κ3) is 4.86. The van der Waals surface area contributed by atoms with Crippen LogP contribution in [0.4, 0.5) is 10.2 Å². The summed E-state index contributed by atoms with van der Waals surface area (Å²) in [7, 11) is 0. The zero-order chi connectivity index (χ0) is 22.8. The molecule has 0 aliphatic carbocycles. The van der Waals surface area contributed by atoms with Gasteiger partial charge in [-0.25, -0.2) is 9.37 Å². The second kappa shape index (κ2) is 9.24. The standard InChI is InChI=1S/C23H25FN6O3/c24-15-11-19-18(26-12-15)2-4-22(32)30(19)10-9-29-7-5-16(6-8-29)25-13-17-1-3-20-23(27-17)28-21(31)14-33-20/h1-4,11-12,16,25H,5-10,13-14H2,(H,27,28,31). The monoisotopic (exact) mass is 452 g/mol. The average Bonchev–Trinajstić information content (AvgIpc) is 2.82. The zero-order valence-electron chi connectivity index (χ0n) is 18.1. The van der Waals surface area contributed by atoms with Gasteiger partial charge in [0.1, 0.15) is 5.82 Å². The third-order valence-electron chi connectivity index (χ3n) is 6.14. The van der Waals surface area contributed by atoms with Crippen molar-refractivity contribution in [2.75, 3.05) is 31.6 Å². The molecule has 2 aliphatic rings. The van der Waals surface area contributed by atoms with E-state index in [9.17, 15) is 14.0 Å². The van der Waals surface area contributed by atoms with E-state index < -0.39 is 5.82 Å². The minimum absolute atomic E-state index is 0.0216. The molecule has 0 radical (unpaired) electrons. The number of hydrogen-bond acceptors (Lipinski definition) is 7. The number of fused-ring (bicyclic) bond motifs is 2. The summed E-state index contributed by atoms with van der Waals surface area (Å²) in [6, 6.07) is 8.57. The molecule has 0 spiro atoms. The van der Waals surface area contributed by atoms with Gasteiger partial charge in [-0.1, -0.05) is 0 Å². The van der Waals surface area contributed by atoms with Crippen molar-refractivity contribution in [3.05, 3.63) is 58.4 Å². The van der Waals surface area contributed by atoms with Crippen molar-refractivity contribution in [1.29, 1.82) is 0 Å². The zero-order valence-corrected chi connectivity index (χ0v) is 18.1. The molecule has 1 fully saturated rings. The normalized spacial score (nSPS) is 16.9. The summed E-state index contributed by atoms with van der Waals surface area (Å²) in [4.78, 5) is 34.7. The topological polar surface area (TPSA) is 101 Å². The molecule has 1 amide bonds. The van der Waals surface area contributed by atoms with Crippen LogP contribution in [0.3, 0.4) is 0 Å². The van der Waals surface area contributed by atoms with Crippen molar-refractivity contribution in [2.45, 2.75) is 32.0 Å². The number of likely N-dealkylation sites (tertiary alicyclic amines) is 1. The Kier molecular flexibility index (Phi) is 6.01. The van der Waals surface area contributed by atoms with Crippen molar-refractivity contribution in [3.8, 4) is 5.75 Å². The van der Waals surface area contributed by atoms with Gasteiger partial charge in [0.15, 0.2) is 18.2 Å². The molecule has 0 atom stereocenters. The van der Waals surface area contributed by atoms with Crippen LogP contribution in [-0.4, -0.2) is 57.6 Å². The molecule has 0 bridgehead atoms. The first-order chi connectivity index (χ1) is 16.0. The van der Waals surface area contributed by atoms with Crippen molar-refractivity contribution in [2.24, 2.45) is 0 Å². The molecule has 0 unspecified atom stereocenters. The smallest absolute Gasteiger partial charge is 0.263 e. The Balaban J connectivity index is 1.13. The molecule has 9 nitrogen and oxygen atoms in total. The largest absolute Gasteiger partial charge is 0.480 e. The van der Waals surface area contributed by atoms with E-state index in [1.807, 2.05) is 12.1 Å². The second-order valence-corrected chi connectivity index (χ2v) is 8.36. The fraction of sp³-hybridized carbons (Fsp3) is 0.391. The summed E-state index contributed by atoms with van der Waals surface area (Å²) in [6.07, 6.45) is 3.12. The van der Waals surface area contributed by atoms with Crippen LogP contribution in [0.5, 0.6) is 5.75 Å². The number of carbonyl (C=O) groups is 1. The number of carbonyl (C=O) groups excluding carboxylic acids is 1. The third-order valence-corrected chi connectivity index (χ3v) is 6.14. The van der Waals surface area contributed by atoms with Gasteiger partial charge in [-0.15, -0.1) is 0 Å². The van der Waals surface area contributed by atoms with Gasteiger partial charge in [0, 0.05) is 37.8 Å². The van der Waals surface area contributed by atoms with Crippen LogP contribution in [0.25, 0.3) is 11.0 Å². The highest BCUT2D eigenvalue weighted by molar-refractivity contribution is 5.94. The highest BCUT2D eigenvalue weighted by Crippen LogP contribution is 2.25. The number of ether oxygens (including phenoxy) is 1. The van der Waals surface area contributed by atoms with Gasteiger partial charge in [-0.05, 0) is 44.1 Å². The Labute approximate surface area is 189 Å². The average molecular weight is 452 g/mol. The van der Waals surface area contributed by atoms with E-state index in [2.05, 4.69) is 25.5 Å². The van der Waals surface area contributed by atoms with Crippen LogP contribution >= 0.6 is 0 Å². The van der Waals surface area contributed by atoms with E-state index >= 15 is 0 Å². The van der Waals surface area contributed by atoms with Gasteiger partial charge < -0.3 is 24.8 Å². The Morgan fingerprint density at radius 1 is 1.15 bits per heavy atom. The number of nitrogens with one attached hydrogen (secondary N) is 2.